The summed E-state index contributed by atoms with van der Waals surface area (Å²) in [6, 6.07) is 0. The fraction of sp³-hybridized carbons (Fsp3) is 1.00. The molecule has 0 aliphatic heterocycles. The van der Waals surface area contributed by atoms with Crippen LogP contribution in [0.3, 0.4) is 0 Å². The lowest BCUT2D eigenvalue weighted by Crippen LogP contribution is -2.51. The van der Waals surface area contributed by atoms with Gasteiger partial charge in [0, 0.05) is 0 Å². The normalized spacial score (nSPS) is 43.7. The summed E-state index contributed by atoms with van der Waals surface area (Å²) in [6.45, 7) is 8.08. The average Bonchev–Trinajstić information content (AvgIpc) is 3.16. The number of rotatable bonds is 8. The van der Waals surface area contributed by atoms with E-state index in [9.17, 15) is 15.3 Å². The second kappa shape index (κ2) is 16.7. The highest BCUT2D eigenvalue weighted by Gasteiger charge is 2.54. The van der Waals surface area contributed by atoms with Crippen LogP contribution in [-0.2, 0) is 0 Å². The number of hydrogen-bond donors (Lipinski definition) is 3. The van der Waals surface area contributed by atoms with Gasteiger partial charge in [-0.1, -0.05) is 117 Å². The summed E-state index contributed by atoms with van der Waals surface area (Å²) >= 11 is 0. The summed E-state index contributed by atoms with van der Waals surface area (Å²) in [7, 11) is 0. The fourth-order valence-electron chi connectivity index (χ4n) is 15.4. The molecule has 0 bridgehead atoms. The second-order valence-electron chi connectivity index (χ2n) is 21.2. The van der Waals surface area contributed by atoms with Gasteiger partial charge in [-0.15, -0.1) is 0 Å². The Morgan fingerprint density at radius 2 is 0.620 bits per heavy atom. The van der Waals surface area contributed by atoms with Crippen LogP contribution in [0.25, 0.3) is 0 Å². The quantitative estimate of drug-likeness (QED) is 0.237. The van der Waals surface area contributed by atoms with E-state index >= 15 is 0 Å². The van der Waals surface area contributed by atoms with E-state index in [-0.39, 0.29) is 18.3 Å². The Balaban J connectivity index is 1.08. The molecule has 9 atom stereocenters. The van der Waals surface area contributed by atoms with Crippen LogP contribution in [-0.4, -0.2) is 33.6 Å². The van der Waals surface area contributed by atoms with Crippen molar-refractivity contribution in [3.05, 3.63) is 0 Å². The van der Waals surface area contributed by atoms with Crippen molar-refractivity contribution in [2.75, 3.05) is 0 Å². The number of aliphatic hydroxyl groups excluding tert-OH is 3. The monoisotopic (exact) mass is 695 g/mol. The van der Waals surface area contributed by atoms with Crippen molar-refractivity contribution in [2.24, 2.45) is 75.9 Å². The lowest BCUT2D eigenvalue weighted by atomic mass is 9.48. The Kier molecular flexibility index (Phi) is 12.8. The zero-order valence-electron chi connectivity index (χ0n) is 33.2. The van der Waals surface area contributed by atoms with Gasteiger partial charge in [0.1, 0.15) is 0 Å². The number of hydrogen-bond acceptors (Lipinski definition) is 3. The van der Waals surface area contributed by atoms with E-state index in [1.54, 1.807) is 0 Å². The minimum Gasteiger partial charge on any atom is -0.393 e. The van der Waals surface area contributed by atoms with Gasteiger partial charge in [0.25, 0.3) is 0 Å². The van der Waals surface area contributed by atoms with Crippen molar-refractivity contribution >= 4 is 0 Å². The highest BCUT2D eigenvalue weighted by Crippen LogP contribution is 2.61. The number of aliphatic hydroxyl groups is 3. The molecule has 0 aromatic heterocycles. The fourth-order valence-corrected chi connectivity index (χ4v) is 15.4. The van der Waals surface area contributed by atoms with E-state index < -0.39 is 0 Å². The molecule has 7 rings (SSSR count). The highest BCUT2D eigenvalue weighted by atomic mass is 16.3. The Bertz CT molecular complexity index is 985. The third-order valence-corrected chi connectivity index (χ3v) is 18.8. The van der Waals surface area contributed by atoms with Gasteiger partial charge in [0.15, 0.2) is 0 Å². The molecule has 7 saturated carbocycles. The van der Waals surface area contributed by atoms with E-state index in [4.69, 9.17) is 0 Å². The van der Waals surface area contributed by atoms with Crippen molar-refractivity contribution < 1.29 is 15.3 Å². The van der Waals surface area contributed by atoms with Gasteiger partial charge in [0.05, 0.1) is 18.3 Å². The topological polar surface area (TPSA) is 60.7 Å². The van der Waals surface area contributed by atoms with E-state index in [1.165, 1.54) is 161 Å². The molecule has 3 heteroatoms. The zero-order valence-corrected chi connectivity index (χ0v) is 33.2. The van der Waals surface area contributed by atoms with Crippen molar-refractivity contribution in [3.63, 3.8) is 0 Å². The van der Waals surface area contributed by atoms with Crippen LogP contribution in [0, 0.1) is 75.9 Å². The van der Waals surface area contributed by atoms with Crippen molar-refractivity contribution in [1.82, 2.24) is 0 Å². The molecular weight excluding hydrogens is 613 g/mol. The molecule has 0 radical (unpaired) electrons. The molecule has 9 unspecified atom stereocenters. The molecule has 3 nitrogen and oxygen atoms in total. The smallest absolute Gasteiger partial charge is 0.0571 e. The van der Waals surface area contributed by atoms with E-state index in [1.807, 2.05) is 0 Å². The first-order valence-corrected chi connectivity index (χ1v) is 23.2. The Hall–Kier alpha value is -0.120. The second-order valence-corrected chi connectivity index (χ2v) is 21.2. The molecule has 0 aromatic carbocycles. The van der Waals surface area contributed by atoms with E-state index in [0.29, 0.717) is 28.6 Å². The Morgan fingerprint density at radius 1 is 0.320 bits per heavy atom. The van der Waals surface area contributed by atoms with Gasteiger partial charge in [-0.2, -0.15) is 0 Å². The van der Waals surface area contributed by atoms with Crippen molar-refractivity contribution in [3.8, 4) is 0 Å². The maximum Gasteiger partial charge on any atom is 0.0571 e. The van der Waals surface area contributed by atoms with Crippen molar-refractivity contribution in [1.29, 1.82) is 0 Å². The van der Waals surface area contributed by atoms with Gasteiger partial charge in [-0.25, -0.2) is 0 Å². The minimum atomic E-state index is -0.0789. The molecular formula is C47H82O3. The summed E-state index contributed by atoms with van der Waals surface area (Å²) in [6.07, 6.45) is 36.6. The van der Waals surface area contributed by atoms with Gasteiger partial charge >= 0.3 is 0 Å². The molecule has 3 N–H and O–H groups in total. The molecule has 0 heterocycles. The maximum atomic E-state index is 11.5. The van der Waals surface area contributed by atoms with Crippen LogP contribution in [0.4, 0.5) is 0 Å². The van der Waals surface area contributed by atoms with Crippen LogP contribution < -0.4 is 0 Å². The molecule has 288 valence electrons. The van der Waals surface area contributed by atoms with Crippen LogP contribution in [0.15, 0.2) is 0 Å². The summed E-state index contributed by atoms with van der Waals surface area (Å²) in [5.74, 6) is 7.67. The average molecular weight is 695 g/mol. The maximum absolute atomic E-state index is 11.5. The molecule has 7 aliphatic rings. The molecule has 0 saturated heterocycles. The molecule has 7 fully saturated rings. The third-order valence-electron chi connectivity index (χ3n) is 18.8. The van der Waals surface area contributed by atoms with Crippen LogP contribution in [0.5, 0.6) is 0 Å². The minimum absolute atomic E-state index is 0.0560. The van der Waals surface area contributed by atoms with Gasteiger partial charge < -0.3 is 15.3 Å². The lowest BCUT2D eigenvalue weighted by molar-refractivity contribution is -0.109. The summed E-state index contributed by atoms with van der Waals surface area (Å²) in [5.41, 5.74) is 0.687. The third kappa shape index (κ3) is 7.97. The first-order chi connectivity index (χ1) is 24.2. The van der Waals surface area contributed by atoms with Crippen LogP contribution in [0.1, 0.15) is 201 Å². The lowest BCUT2D eigenvalue weighted by Gasteiger charge is -2.58. The summed E-state index contributed by atoms with van der Waals surface area (Å²) in [5, 5.41) is 34.2. The molecule has 0 spiro atoms. The SMILES string of the molecule is CC(C)(C1CCC(C(C)(C2CCC(O)C(C3CCCCC3)C2)C2CCC(O)C(C3CCCCC3)C2)CC1)C1CCC(O)C(C2CCCCC2)C1. The zero-order chi connectivity index (χ0) is 34.9. The van der Waals surface area contributed by atoms with E-state index in [2.05, 4.69) is 20.8 Å². The first kappa shape index (κ1) is 38.2. The van der Waals surface area contributed by atoms with Gasteiger partial charge in [-0.3, -0.25) is 0 Å². The first-order valence-electron chi connectivity index (χ1n) is 23.2. The van der Waals surface area contributed by atoms with Crippen LogP contribution in [0.2, 0.25) is 0 Å². The molecule has 7 aliphatic carbocycles. The predicted molar refractivity (Wildman–Crippen MR) is 208 cm³/mol. The van der Waals surface area contributed by atoms with E-state index in [0.717, 1.165) is 66.6 Å². The van der Waals surface area contributed by atoms with Crippen LogP contribution >= 0.6 is 0 Å². The summed E-state index contributed by atoms with van der Waals surface area (Å²) < 4.78 is 0. The van der Waals surface area contributed by atoms with Gasteiger partial charge in [-0.05, 0) is 159 Å². The largest absolute Gasteiger partial charge is 0.393 e. The highest BCUT2D eigenvalue weighted by molar-refractivity contribution is 5.04. The molecule has 0 amide bonds. The molecule has 50 heavy (non-hydrogen) atoms. The standard InChI is InChI=1S/C47H82O3/c1-46(2,37-23-26-43(48)40(29-37)32-13-7-4-8-14-32)35-19-21-36(22-20-35)47(3,38-24-27-44(49)41(30-38)33-15-9-5-10-16-33)39-25-28-45(50)42(31-39)34-17-11-6-12-18-34/h32-45,48-50H,4-31H2,1-3H3. The Morgan fingerprint density at radius 3 is 1.00 bits per heavy atom. The van der Waals surface area contributed by atoms with Crippen molar-refractivity contribution in [2.45, 2.75) is 219 Å². The molecule has 0 aromatic rings. The Labute approximate surface area is 309 Å². The van der Waals surface area contributed by atoms with Gasteiger partial charge in [0.2, 0.25) is 0 Å². The summed E-state index contributed by atoms with van der Waals surface area (Å²) in [4.78, 5) is 0. The predicted octanol–water partition coefficient (Wildman–Crippen LogP) is 11.9.